The number of hydrogen-bond donors (Lipinski definition) is 1. The first-order valence-electron chi connectivity index (χ1n) is 7.69. The van der Waals surface area contributed by atoms with E-state index in [2.05, 4.69) is 15.4 Å². The van der Waals surface area contributed by atoms with Crippen LogP contribution in [-0.4, -0.2) is 27.3 Å². The Labute approximate surface area is 129 Å². The normalized spacial score (nSPS) is 13.5. The second kappa shape index (κ2) is 7.06. The first-order valence-corrected chi connectivity index (χ1v) is 7.69. The molecule has 6 nitrogen and oxygen atoms in total. The average Bonchev–Trinajstić information content (AvgIpc) is 3.03. The van der Waals surface area contributed by atoms with Crippen LogP contribution >= 0.6 is 0 Å². The molecule has 3 rings (SSSR count). The molecule has 0 spiro atoms. The zero-order valence-electron chi connectivity index (χ0n) is 12.5. The van der Waals surface area contributed by atoms with E-state index in [1.165, 1.54) is 5.56 Å². The highest BCUT2D eigenvalue weighted by molar-refractivity contribution is 5.94. The van der Waals surface area contributed by atoms with E-state index in [0.717, 1.165) is 43.7 Å². The maximum atomic E-state index is 11.4. The van der Waals surface area contributed by atoms with Crippen LogP contribution in [0.1, 0.15) is 31.2 Å². The van der Waals surface area contributed by atoms with Crippen molar-refractivity contribution in [3.63, 3.8) is 0 Å². The predicted molar refractivity (Wildman–Crippen MR) is 82.8 cm³/mol. The SMILES string of the molecule is O=C1CCc2ccc(OCCCCCn3cncn3)cc2N1. The summed E-state index contributed by atoms with van der Waals surface area (Å²) in [6.45, 7) is 1.58. The highest BCUT2D eigenvalue weighted by atomic mass is 16.5. The molecule has 22 heavy (non-hydrogen) atoms. The van der Waals surface area contributed by atoms with E-state index in [1.54, 1.807) is 12.7 Å². The number of fused-ring (bicyclic) bond motifs is 1. The number of unbranched alkanes of at least 4 members (excludes halogenated alkanes) is 2. The lowest BCUT2D eigenvalue weighted by Gasteiger charge is -2.17. The van der Waals surface area contributed by atoms with Crippen molar-refractivity contribution in [2.24, 2.45) is 0 Å². The third-order valence-corrected chi connectivity index (χ3v) is 3.74. The molecule has 0 radical (unpaired) electrons. The lowest BCUT2D eigenvalue weighted by molar-refractivity contribution is -0.116. The molecular formula is C16H20N4O2. The number of aromatic nitrogens is 3. The van der Waals surface area contributed by atoms with Crippen LogP contribution in [0.15, 0.2) is 30.9 Å². The number of anilines is 1. The number of benzene rings is 1. The molecule has 1 amide bonds. The minimum atomic E-state index is 0.0813. The summed E-state index contributed by atoms with van der Waals surface area (Å²) in [7, 11) is 0. The van der Waals surface area contributed by atoms with E-state index in [0.29, 0.717) is 13.0 Å². The minimum Gasteiger partial charge on any atom is -0.494 e. The van der Waals surface area contributed by atoms with Gasteiger partial charge in [0.05, 0.1) is 6.61 Å². The molecule has 1 aliphatic rings. The summed E-state index contributed by atoms with van der Waals surface area (Å²) in [5, 5.41) is 6.96. The predicted octanol–water partition coefficient (Wildman–Crippen LogP) is 2.41. The Bertz CT molecular complexity index is 625. The van der Waals surface area contributed by atoms with Gasteiger partial charge in [-0.2, -0.15) is 5.10 Å². The topological polar surface area (TPSA) is 69.0 Å². The number of ether oxygens (including phenoxy) is 1. The Morgan fingerprint density at radius 2 is 2.18 bits per heavy atom. The summed E-state index contributed by atoms with van der Waals surface area (Å²) >= 11 is 0. The van der Waals surface area contributed by atoms with Gasteiger partial charge in [-0.1, -0.05) is 6.07 Å². The van der Waals surface area contributed by atoms with Crippen LogP contribution in [-0.2, 0) is 17.8 Å². The van der Waals surface area contributed by atoms with Gasteiger partial charge in [0.15, 0.2) is 0 Å². The number of carbonyl (C=O) groups excluding carboxylic acids is 1. The molecule has 2 heterocycles. The van der Waals surface area contributed by atoms with Crippen molar-refractivity contribution in [3.05, 3.63) is 36.4 Å². The number of aryl methyl sites for hydroxylation is 2. The van der Waals surface area contributed by atoms with Gasteiger partial charge in [0.2, 0.25) is 5.91 Å². The lowest BCUT2D eigenvalue weighted by Crippen LogP contribution is -2.18. The molecule has 1 aliphatic heterocycles. The number of hydrogen-bond acceptors (Lipinski definition) is 4. The first kappa shape index (κ1) is 14.6. The summed E-state index contributed by atoms with van der Waals surface area (Å²) in [5.41, 5.74) is 2.07. The summed E-state index contributed by atoms with van der Waals surface area (Å²) in [6.07, 6.45) is 7.81. The Kier molecular flexibility index (Phi) is 4.68. The van der Waals surface area contributed by atoms with Gasteiger partial charge in [-0.05, 0) is 37.3 Å². The van der Waals surface area contributed by atoms with Gasteiger partial charge in [0.25, 0.3) is 0 Å². The molecule has 116 valence electrons. The Morgan fingerprint density at radius 3 is 3.05 bits per heavy atom. The van der Waals surface area contributed by atoms with Gasteiger partial charge >= 0.3 is 0 Å². The van der Waals surface area contributed by atoms with E-state index in [1.807, 2.05) is 22.9 Å². The second-order valence-corrected chi connectivity index (χ2v) is 5.43. The van der Waals surface area contributed by atoms with Gasteiger partial charge in [0.1, 0.15) is 18.4 Å². The third-order valence-electron chi connectivity index (χ3n) is 3.74. The van der Waals surface area contributed by atoms with Crippen LogP contribution < -0.4 is 10.1 Å². The van der Waals surface area contributed by atoms with Gasteiger partial charge < -0.3 is 10.1 Å². The first-order chi connectivity index (χ1) is 10.8. The third kappa shape index (κ3) is 3.84. The van der Waals surface area contributed by atoms with E-state index in [-0.39, 0.29) is 5.91 Å². The van der Waals surface area contributed by atoms with Gasteiger partial charge in [-0.25, -0.2) is 4.98 Å². The molecule has 0 saturated carbocycles. The molecule has 1 N–H and O–H groups in total. The molecule has 6 heteroatoms. The Hall–Kier alpha value is -2.37. The molecular weight excluding hydrogens is 280 g/mol. The van der Waals surface area contributed by atoms with E-state index in [4.69, 9.17) is 4.74 Å². The maximum Gasteiger partial charge on any atom is 0.224 e. The van der Waals surface area contributed by atoms with E-state index >= 15 is 0 Å². The average molecular weight is 300 g/mol. The van der Waals surface area contributed by atoms with Crippen molar-refractivity contribution in [2.75, 3.05) is 11.9 Å². The van der Waals surface area contributed by atoms with Crippen LogP contribution in [0, 0.1) is 0 Å². The molecule has 1 aromatic heterocycles. The van der Waals surface area contributed by atoms with E-state index in [9.17, 15) is 4.79 Å². The fourth-order valence-corrected chi connectivity index (χ4v) is 2.53. The fraction of sp³-hybridized carbons (Fsp3) is 0.438. The van der Waals surface area contributed by atoms with Crippen molar-refractivity contribution < 1.29 is 9.53 Å². The summed E-state index contributed by atoms with van der Waals surface area (Å²) in [5.74, 6) is 0.898. The van der Waals surface area contributed by atoms with Crippen molar-refractivity contribution >= 4 is 11.6 Å². The molecule has 0 fully saturated rings. The van der Waals surface area contributed by atoms with Crippen LogP contribution in [0.4, 0.5) is 5.69 Å². The number of amides is 1. The largest absolute Gasteiger partial charge is 0.494 e. The summed E-state index contributed by atoms with van der Waals surface area (Å²) in [4.78, 5) is 15.3. The smallest absolute Gasteiger partial charge is 0.224 e. The number of nitrogens with one attached hydrogen (secondary N) is 1. The quantitative estimate of drug-likeness (QED) is 0.797. The van der Waals surface area contributed by atoms with Crippen molar-refractivity contribution in [3.8, 4) is 5.75 Å². The monoisotopic (exact) mass is 300 g/mol. The lowest BCUT2D eigenvalue weighted by atomic mass is 10.0. The molecule has 0 bridgehead atoms. The molecule has 0 atom stereocenters. The van der Waals surface area contributed by atoms with Crippen LogP contribution in [0.5, 0.6) is 5.75 Å². The molecule has 2 aromatic rings. The zero-order valence-corrected chi connectivity index (χ0v) is 12.5. The summed E-state index contributed by atoms with van der Waals surface area (Å²) in [6, 6.07) is 5.93. The number of rotatable bonds is 7. The molecule has 1 aromatic carbocycles. The fourth-order valence-electron chi connectivity index (χ4n) is 2.53. The van der Waals surface area contributed by atoms with Crippen molar-refractivity contribution in [1.82, 2.24) is 14.8 Å². The van der Waals surface area contributed by atoms with E-state index < -0.39 is 0 Å². The van der Waals surface area contributed by atoms with Crippen LogP contribution in [0.2, 0.25) is 0 Å². The van der Waals surface area contributed by atoms with Crippen LogP contribution in [0.25, 0.3) is 0 Å². The van der Waals surface area contributed by atoms with Gasteiger partial charge in [0, 0.05) is 24.7 Å². The highest BCUT2D eigenvalue weighted by Crippen LogP contribution is 2.27. The molecule has 0 aliphatic carbocycles. The van der Waals surface area contributed by atoms with Crippen LogP contribution in [0.3, 0.4) is 0 Å². The van der Waals surface area contributed by atoms with Crippen molar-refractivity contribution in [2.45, 2.75) is 38.6 Å². The highest BCUT2D eigenvalue weighted by Gasteiger charge is 2.14. The maximum absolute atomic E-state index is 11.4. The van der Waals surface area contributed by atoms with Gasteiger partial charge in [-0.3, -0.25) is 9.48 Å². The number of carbonyl (C=O) groups is 1. The Morgan fingerprint density at radius 1 is 1.23 bits per heavy atom. The number of nitrogens with zero attached hydrogens (tertiary/aromatic N) is 3. The second-order valence-electron chi connectivity index (χ2n) is 5.43. The molecule has 0 unspecified atom stereocenters. The van der Waals surface area contributed by atoms with Gasteiger partial charge in [-0.15, -0.1) is 0 Å². The summed E-state index contributed by atoms with van der Waals surface area (Å²) < 4.78 is 7.60. The van der Waals surface area contributed by atoms with Crippen molar-refractivity contribution in [1.29, 1.82) is 0 Å². The zero-order chi connectivity index (χ0) is 15.2. The molecule has 0 saturated heterocycles. The Balaban J connectivity index is 1.38. The standard InChI is InChI=1S/C16H20N4O2/c21-16-7-5-13-4-6-14(10-15(13)19-16)22-9-3-1-2-8-20-12-17-11-18-20/h4,6,10-12H,1-3,5,7-9H2,(H,19,21). The minimum absolute atomic E-state index is 0.0813.